The zero-order chi connectivity index (χ0) is 14.5. The third-order valence-corrected chi connectivity index (χ3v) is 4.49. The Labute approximate surface area is 120 Å². The van der Waals surface area contributed by atoms with Gasteiger partial charge in [0.05, 0.1) is 11.8 Å². The zero-order valence-corrected chi connectivity index (χ0v) is 12.2. The predicted octanol–water partition coefficient (Wildman–Crippen LogP) is -0.149. The number of aliphatic carboxylic acids is 1. The first-order valence-electron chi connectivity index (χ1n) is 7.49. The number of carboxylic acid groups (broad SMARTS) is 1. The van der Waals surface area contributed by atoms with E-state index < -0.39 is 11.9 Å². The molecule has 0 spiro atoms. The van der Waals surface area contributed by atoms with E-state index in [0.717, 1.165) is 39.1 Å². The van der Waals surface area contributed by atoms with Crippen LogP contribution in [0.3, 0.4) is 0 Å². The summed E-state index contributed by atoms with van der Waals surface area (Å²) in [5, 5.41) is 12.0. The third kappa shape index (κ3) is 3.93. The van der Waals surface area contributed by atoms with Crippen LogP contribution in [0.2, 0.25) is 0 Å². The maximum Gasteiger partial charge on any atom is 0.307 e. The summed E-state index contributed by atoms with van der Waals surface area (Å²) in [6, 6.07) is 0. The third-order valence-electron chi connectivity index (χ3n) is 4.49. The van der Waals surface area contributed by atoms with Gasteiger partial charge in [0.1, 0.15) is 0 Å². The lowest BCUT2D eigenvalue weighted by molar-refractivity contribution is -0.146. The molecule has 0 aromatic heterocycles. The lowest BCUT2D eigenvalue weighted by atomic mass is 9.95. The molecule has 114 valence electrons. The van der Waals surface area contributed by atoms with Gasteiger partial charge in [-0.15, -0.1) is 0 Å². The molecule has 0 aromatic carbocycles. The molecular weight excluding hydrogens is 258 g/mol. The molecule has 20 heavy (non-hydrogen) atoms. The molecule has 1 heterocycles. The number of rotatable bonds is 5. The van der Waals surface area contributed by atoms with E-state index in [9.17, 15) is 9.59 Å². The topological polar surface area (TPSA) is 72.9 Å². The summed E-state index contributed by atoms with van der Waals surface area (Å²) in [7, 11) is 2.12. The van der Waals surface area contributed by atoms with Gasteiger partial charge in [-0.3, -0.25) is 14.5 Å². The van der Waals surface area contributed by atoms with Crippen LogP contribution in [-0.4, -0.2) is 73.1 Å². The SMILES string of the molecule is CN1CCN(CCNC(=O)C2CCCC2C(=O)O)CC1. The molecule has 0 radical (unpaired) electrons. The van der Waals surface area contributed by atoms with Crippen molar-refractivity contribution in [1.82, 2.24) is 15.1 Å². The van der Waals surface area contributed by atoms with Crippen molar-refractivity contribution >= 4 is 11.9 Å². The van der Waals surface area contributed by atoms with Gasteiger partial charge >= 0.3 is 5.97 Å². The smallest absolute Gasteiger partial charge is 0.307 e. The average molecular weight is 283 g/mol. The van der Waals surface area contributed by atoms with Crippen LogP contribution in [0.25, 0.3) is 0 Å². The molecule has 6 nitrogen and oxygen atoms in total. The molecule has 0 bridgehead atoms. The Hall–Kier alpha value is -1.14. The first kappa shape index (κ1) is 15.3. The number of nitrogens with zero attached hydrogens (tertiary/aromatic N) is 2. The van der Waals surface area contributed by atoms with Gasteiger partial charge in [-0.25, -0.2) is 0 Å². The highest BCUT2D eigenvalue weighted by Gasteiger charge is 2.37. The first-order valence-corrected chi connectivity index (χ1v) is 7.49. The maximum atomic E-state index is 12.1. The molecule has 2 rings (SSSR count). The largest absolute Gasteiger partial charge is 0.481 e. The van der Waals surface area contributed by atoms with Crippen molar-refractivity contribution in [1.29, 1.82) is 0 Å². The molecule has 2 atom stereocenters. The van der Waals surface area contributed by atoms with Gasteiger partial charge in [-0.2, -0.15) is 0 Å². The van der Waals surface area contributed by atoms with E-state index in [1.807, 2.05) is 0 Å². The monoisotopic (exact) mass is 283 g/mol. The fourth-order valence-electron chi connectivity index (χ4n) is 3.11. The van der Waals surface area contributed by atoms with Gasteiger partial charge in [0.15, 0.2) is 0 Å². The lowest BCUT2D eigenvalue weighted by Crippen LogP contribution is -2.47. The van der Waals surface area contributed by atoms with Gasteiger partial charge in [-0.05, 0) is 19.9 Å². The van der Waals surface area contributed by atoms with Crippen molar-refractivity contribution in [2.45, 2.75) is 19.3 Å². The van der Waals surface area contributed by atoms with Crippen LogP contribution >= 0.6 is 0 Å². The number of carbonyl (C=O) groups is 2. The molecule has 1 saturated heterocycles. The van der Waals surface area contributed by atoms with Crippen LogP contribution in [-0.2, 0) is 9.59 Å². The standard InChI is InChI=1S/C14H25N3O3/c1-16-7-9-17(10-8-16)6-5-15-13(18)11-3-2-4-12(11)14(19)20/h11-12H,2-10H2,1H3,(H,15,18)(H,19,20). The van der Waals surface area contributed by atoms with Crippen molar-refractivity contribution < 1.29 is 14.7 Å². The van der Waals surface area contributed by atoms with Crippen LogP contribution in [0.15, 0.2) is 0 Å². The molecule has 0 aromatic rings. The summed E-state index contributed by atoms with van der Waals surface area (Å²) in [5.41, 5.74) is 0. The molecule has 2 aliphatic rings. The van der Waals surface area contributed by atoms with Crippen molar-refractivity contribution in [3.8, 4) is 0 Å². The Balaban J connectivity index is 1.68. The number of likely N-dealkylation sites (N-methyl/N-ethyl adjacent to an activating group) is 1. The average Bonchev–Trinajstić information content (AvgIpc) is 2.90. The van der Waals surface area contributed by atoms with Crippen LogP contribution in [0, 0.1) is 11.8 Å². The van der Waals surface area contributed by atoms with Crippen molar-refractivity contribution in [2.75, 3.05) is 46.3 Å². The minimum Gasteiger partial charge on any atom is -0.481 e. The van der Waals surface area contributed by atoms with Gasteiger partial charge in [-0.1, -0.05) is 6.42 Å². The fraction of sp³-hybridized carbons (Fsp3) is 0.857. The Kier molecular flexibility index (Phi) is 5.37. The quantitative estimate of drug-likeness (QED) is 0.734. The molecule has 2 fully saturated rings. The Morgan fingerprint density at radius 3 is 2.45 bits per heavy atom. The minimum atomic E-state index is -0.832. The van der Waals surface area contributed by atoms with E-state index in [-0.39, 0.29) is 11.8 Å². The second-order valence-corrected chi connectivity index (χ2v) is 5.92. The highest BCUT2D eigenvalue weighted by molar-refractivity contribution is 5.85. The van der Waals surface area contributed by atoms with Gasteiger partial charge in [0, 0.05) is 39.3 Å². The maximum absolute atomic E-state index is 12.1. The first-order chi connectivity index (χ1) is 9.58. The van der Waals surface area contributed by atoms with Gasteiger partial charge in [0.2, 0.25) is 5.91 Å². The molecule has 1 amide bonds. The number of piperazine rings is 1. The van der Waals surface area contributed by atoms with Crippen LogP contribution in [0.5, 0.6) is 0 Å². The molecule has 1 saturated carbocycles. The highest BCUT2D eigenvalue weighted by atomic mass is 16.4. The second-order valence-electron chi connectivity index (χ2n) is 5.92. The van der Waals surface area contributed by atoms with Crippen molar-refractivity contribution in [3.63, 3.8) is 0 Å². The Morgan fingerprint density at radius 2 is 1.80 bits per heavy atom. The zero-order valence-electron chi connectivity index (χ0n) is 12.2. The van der Waals surface area contributed by atoms with Gasteiger partial charge < -0.3 is 15.3 Å². The van der Waals surface area contributed by atoms with E-state index in [4.69, 9.17) is 5.11 Å². The van der Waals surface area contributed by atoms with Crippen LogP contribution in [0.4, 0.5) is 0 Å². The molecule has 2 N–H and O–H groups in total. The molecule has 1 aliphatic heterocycles. The highest BCUT2D eigenvalue weighted by Crippen LogP contribution is 2.31. The van der Waals surface area contributed by atoms with E-state index in [1.165, 1.54) is 0 Å². The number of hydrogen-bond acceptors (Lipinski definition) is 4. The molecule has 6 heteroatoms. The number of hydrogen-bond donors (Lipinski definition) is 2. The summed E-state index contributed by atoms with van der Waals surface area (Å²) in [5.74, 6) is -1.73. The van der Waals surface area contributed by atoms with E-state index in [1.54, 1.807) is 0 Å². The number of carbonyl (C=O) groups excluding carboxylic acids is 1. The molecular formula is C14H25N3O3. The predicted molar refractivity (Wildman–Crippen MR) is 75.4 cm³/mol. The molecule has 2 unspecified atom stereocenters. The van der Waals surface area contributed by atoms with Crippen molar-refractivity contribution in [3.05, 3.63) is 0 Å². The Morgan fingerprint density at radius 1 is 1.15 bits per heavy atom. The second kappa shape index (κ2) is 7.04. The van der Waals surface area contributed by atoms with Gasteiger partial charge in [0.25, 0.3) is 0 Å². The Bertz CT molecular complexity index is 354. The fourth-order valence-corrected chi connectivity index (χ4v) is 3.11. The van der Waals surface area contributed by atoms with E-state index in [2.05, 4.69) is 22.2 Å². The van der Waals surface area contributed by atoms with E-state index >= 15 is 0 Å². The summed E-state index contributed by atoms with van der Waals surface area (Å²) in [4.78, 5) is 27.8. The lowest BCUT2D eigenvalue weighted by Gasteiger charge is -2.32. The van der Waals surface area contributed by atoms with Crippen LogP contribution in [0.1, 0.15) is 19.3 Å². The summed E-state index contributed by atoms with van der Waals surface area (Å²) < 4.78 is 0. The number of amides is 1. The minimum absolute atomic E-state index is 0.0796. The van der Waals surface area contributed by atoms with E-state index in [0.29, 0.717) is 19.4 Å². The summed E-state index contributed by atoms with van der Waals surface area (Å²) in [6.45, 7) is 5.67. The summed E-state index contributed by atoms with van der Waals surface area (Å²) >= 11 is 0. The number of carboxylic acids is 1. The van der Waals surface area contributed by atoms with Crippen molar-refractivity contribution in [2.24, 2.45) is 11.8 Å². The molecule has 1 aliphatic carbocycles. The number of nitrogens with one attached hydrogen (secondary N) is 1. The normalized spacial score (nSPS) is 28.4. The summed E-state index contributed by atoms with van der Waals surface area (Å²) in [6.07, 6.45) is 2.18. The van der Waals surface area contributed by atoms with Crippen LogP contribution < -0.4 is 5.32 Å².